The van der Waals surface area contributed by atoms with Gasteiger partial charge in [0.2, 0.25) is 5.91 Å². The van der Waals surface area contributed by atoms with Gasteiger partial charge in [-0.15, -0.1) is 0 Å². The van der Waals surface area contributed by atoms with E-state index in [0.717, 1.165) is 5.69 Å². The van der Waals surface area contributed by atoms with Gasteiger partial charge in [-0.2, -0.15) is 0 Å². The van der Waals surface area contributed by atoms with E-state index in [-0.39, 0.29) is 11.3 Å². The molecule has 1 amide bonds. The minimum Gasteiger partial charge on any atom is -0.355 e. The summed E-state index contributed by atoms with van der Waals surface area (Å²) in [6, 6.07) is 5.81. The zero-order valence-electron chi connectivity index (χ0n) is 11.7. The quantitative estimate of drug-likeness (QED) is 0.830. The van der Waals surface area contributed by atoms with E-state index >= 15 is 0 Å². The summed E-state index contributed by atoms with van der Waals surface area (Å²) in [5, 5.41) is 2.95. The van der Waals surface area contributed by atoms with Gasteiger partial charge in [-0.05, 0) is 26.0 Å². The minimum absolute atomic E-state index is 0.0194. The SMILES string of the molecule is CC(C)(CN)C(=O)NCC(C)(C)c1ccccn1. The van der Waals surface area contributed by atoms with Crippen molar-refractivity contribution in [2.75, 3.05) is 13.1 Å². The Hall–Kier alpha value is -1.42. The van der Waals surface area contributed by atoms with Gasteiger partial charge in [-0.25, -0.2) is 0 Å². The van der Waals surface area contributed by atoms with Crippen LogP contribution in [0.1, 0.15) is 33.4 Å². The van der Waals surface area contributed by atoms with Crippen LogP contribution in [-0.4, -0.2) is 24.0 Å². The Labute approximate surface area is 109 Å². The zero-order valence-corrected chi connectivity index (χ0v) is 11.7. The Morgan fingerprint density at radius 3 is 2.50 bits per heavy atom. The van der Waals surface area contributed by atoms with Crippen LogP contribution in [0, 0.1) is 5.41 Å². The molecule has 0 saturated heterocycles. The highest BCUT2D eigenvalue weighted by Crippen LogP contribution is 2.20. The molecule has 0 atom stereocenters. The fourth-order valence-electron chi connectivity index (χ4n) is 1.49. The zero-order chi connectivity index (χ0) is 13.8. The molecule has 0 spiro atoms. The van der Waals surface area contributed by atoms with Gasteiger partial charge in [0.05, 0.1) is 5.41 Å². The molecule has 0 aliphatic heterocycles. The van der Waals surface area contributed by atoms with Crippen molar-refractivity contribution >= 4 is 5.91 Å². The van der Waals surface area contributed by atoms with E-state index in [1.165, 1.54) is 0 Å². The summed E-state index contributed by atoms with van der Waals surface area (Å²) in [6.45, 7) is 8.69. The number of amides is 1. The summed E-state index contributed by atoms with van der Waals surface area (Å²) < 4.78 is 0. The Bertz CT molecular complexity index is 399. The average Bonchev–Trinajstić information content (AvgIpc) is 2.37. The van der Waals surface area contributed by atoms with Crippen LogP contribution in [0.4, 0.5) is 0 Å². The third-order valence-corrected chi connectivity index (χ3v) is 3.17. The number of carbonyl (C=O) groups is 1. The molecule has 100 valence electrons. The van der Waals surface area contributed by atoms with Crippen molar-refractivity contribution in [3.05, 3.63) is 30.1 Å². The number of carbonyl (C=O) groups excluding carboxylic acids is 1. The highest BCUT2D eigenvalue weighted by atomic mass is 16.2. The van der Waals surface area contributed by atoms with E-state index in [0.29, 0.717) is 13.1 Å². The van der Waals surface area contributed by atoms with Crippen LogP contribution in [0.5, 0.6) is 0 Å². The van der Waals surface area contributed by atoms with Crippen LogP contribution in [0.15, 0.2) is 24.4 Å². The third-order valence-electron chi connectivity index (χ3n) is 3.17. The molecule has 0 aliphatic carbocycles. The van der Waals surface area contributed by atoms with Gasteiger partial charge in [0, 0.05) is 30.4 Å². The lowest BCUT2D eigenvalue weighted by atomic mass is 9.87. The number of nitrogens with one attached hydrogen (secondary N) is 1. The number of aromatic nitrogens is 1. The van der Waals surface area contributed by atoms with Gasteiger partial charge < -0.3 is 11.1 Å². The lowest BCUT2D eigenvalue weighted by molar-refractivity contribution is -0.129. The van der Waals surface area contributed by atoms with Crippen molar-refractivity contribution < 1.29 is 4.79 Å². The van der Waals surface area contributed by atoms with Gasteiger partial charge in [-0.3, -0.25) is 9.78 Å². The maximum Gasteiger partial charge on any atom is 0.226 e. The van der Waals surface area contributed by atoms with E-state index in [9.17, 15) is 4.79 Å². The van der Waals surface area contributed by atoms with Crippen LogP contribution >= 0.6 is 0 Å². The van der Waals surface area contributed by atoms with Crippen molar-refractivity contribution in [2.24, 2.45) is 11.1 Å². The van der Waals surface area contributed by atoms with Crippen LogP contribution in [0.3, 0.4) is 0 Å². The summed E-state index contributed by atoms with van der Waals surface area (Å²) >= 11 is 0. The molecule has 3 N–H and O–H groups in total. The molecular weight excluding hydrogens is 226 g/mol. The number of nitrogens with zero attached hydrogens (tertiary/aromatic N) is 1. The largest absolute Gasteiger partial charge is 0.355 e. The standard InChI is InChI=1S/C14H23N3O/c1-13(2,9-15)12(18)17-10-14(3,4)11-7-5-6-8-16-11/h5-8H,9-10,15H2,1-4H3,(H,17,18). The summed E-state index contributed by atoms with van der Waals surface area (Å²) in [7, 11) is 0. The first-order valence-corrected chi connectivity index (χ1v) is 6.19. The second-order valence-corrected chi connectivity index (χ2v) is 5.87. The number of pyridine rings is 1. The molecule has 0 fully saturated rings. The molecule has 0 radical (unpaired) electrons. The fraction of sp³-hybridized carbons (Fsp3) is 0.571. The van der Waals surface area contributed by atoms with Crippen molar-refractivity contribution in [1.29, 1.82) is 0 Å². The molecule has 0 aliphatic rings. The summed E-state index contributed by atoms with van der Waals surface area (Å²) in [4.78, 5) is 16.3. The highest BCUT2D eigenvalue weighted by molar-refractivity contribution is 5.82. The average molecular weight is 249 g/mol. The molecule has 18 heavy (non-hydrogen) atoms. The minimum atomic E-state index is -0.528. The molecule has 1 rings (SSSR count). The molecule has 1 aromatic rings. The Balaban J connectivity index is 2.66. The van der Waals surface area contributed by atoms with Crippen LogP contribution in [0.2, 0.25) is 0 Å². The summed E-state index contributed by atoms with van der Waals surface area (Å²) in [5.41, 5.74) is 5.83. The highest BCUT2D eigenvalue weighted by Gasteiger charge is 2.28. The van der Waals surface area contributed by atoms with Gasteiger partial charge >= 0.3 is 0 Å². The monoisotopic (exact) mass is 249 g/mol. The molecule has 4 nitrogen and oxygen atoms in total. The Kier molecular flexibility index (Phi) is 4.46. The van der Waals surface area contributed by atoms with E-state index < -0.39 is 5.41 Å². The number of nitrogens with two attached hydrogens (primary N) is 1. The predicted octanol–water partition coefficient (Wildman–Crippen LogP) is 1.46. The number of hydrogen-bond donors (Lipinski definition) is 2. The molecule has 1 aromatic heterocycles. The van der Waals surface area contributed by atoms with Crippen molar-refractivity contribution in [1.82, 2.24) is 10.3 Å². The lowest BCUT2D eigenvalue weighted by Gasteiger charge is -2.28. The van der Waals surface area contributed by atoms with Gasteiger partial charge in [-0.1, -0.05) is 19.9 Å². The van der Waals surface area contributed by atoms with Crippen LogP contribution < -0.4 is 11.1 Å². The maximum atomic E-state index is 12.0. The Morgan fingerprint density at radius 1 is 1.33 bits per heavy atom. The molecular formula is C14H23N3O. The molecule has 0 aromatic carbocycles. The van der Waals surface area contributed by atoms with E-state index in [1.807, 2.05) is 32.0 Å². The second kappa shape index (κ2) is 5.48. The summed E-state index contributed by atoms with van der Waals surface area (Å²) in [5.74, 6) is -0.0194. The molecule has 0 bridgehead atoms. The van der Waals surface area contributed by atoms with E-state index in [4.69, 9.17) is 5.73 Å². The van der Waals surface area contributed by atoms with Gasteiger partial charge in [0.15, 0.2) is 0 Å². The number of hydrogen-bond acceptors (Lipinski definition) is 3. The van der Waals surface area contributed by atoms with E-state index in [2.05, 4.69) is 24.1 Å². The molecule has 0 unspecified atom stereocenters. The van der Waals surface area contributed by atoms with Crippen LogP contribution in [-0.2, 0) is 10.2 Å². The van der Waals surface area contributed by atoms with Crippen molar-refractivity contribution in [2.45, 2.75) is 33.1 Å². The topological polar surface area (TPSA) is 68.0 Å². The first-order valence-electron chi connectivity index (χ1n) is 6.19. The first-order chi connectivity index (χ1) is 8.29. The van der Waals surface area contributed by atoms with Gasteiger partial charge in [0.1, 0.15) is 0 Å². The normalized spacial score (nSPS) is 12.3. The van der Waals surface area contributed by atoms with Gasteiger partial charge in [0.25, 0.3) is 0 Å². The first kappa shape index (κ1) is 14.6. The second-order valence-electron chi connectivity index (χ2n) is 5.87. The number of rotatable bonds is 5. The fourth-order valence-corrected chi connectivity index (χ4v) is 1.49. The molecule has 4 heteroatoms. The molecule has 0 saturated carbocycles. The predicted molar refractivity (Wildman–Crippen MR) is 73.1 cm³/mol. The maximum absolute atomic E-state index is 12.0. The third kappa shape index (κ3) is 3.53. The smallest absolute Gasteiger partial charge is 0.226 e. The van der Waals surface area contributed by atoms with Crippen LogP contribution in [0.25, 0.3) is 0 Å². The van der Waals surface area contributed by atoms with E-state index in [1.54, 1.807) is 6.20 Å². The van der Waals surface area contributed by atoms with Crippen molar-refractivity contribution in [3.63, 3.8) is 0 Å². The van der Waals surface area contributed by atoms with Crippen molar-refractivity contribution in [3.8, 4) is 0 Å². The Morgan fingerprint density at radius 2 is 2.00 bits per heavy atom. The molecule has 1 heterocycles. The lowest BCUT2D eigenvalue weighted by Crippen LogP contribution is -2.46. The summed E-state index contributed by atoms with van der Waals surface area (Å²) in [6.07, 6.45) is 1.77.